The Morgan fingerprint density at radius 2 is 2.50 bits per heavy atom. The molecule has 0 aromatic heterocycles. The predicted molar refractivity (Wildman–Crippen MR) is 38.4 cm³/mol. The predicted octanol–water partition coefficient (Wildman–Crippen LogP) is 1.72. The van der Waals surface area contributed by atoms with Crippen molar-refractivity contribution < 1.29 is 4.74 Å². The van der Waals surface area contributed by atoms with Crippen molar-refractivity contribution in [1.82, 2.24) is 0 Å². The molecule has 2 atom stereocenters. The Kier molecular flexibility index (Phi) is 2.70. The van der Waals surface area contributed by atoms with Crippen LogP contribution < -0.4 is 0 Å². The SMILES string of the molecule is C[C@H]1CCOC(CC#N)C1. The van der Waals surface area contributed by atoms with Crippen LogP contribution in [0.5, 0.6) is 0 Å². The van der Waals surface area contributed by atoms with E-state index in [0.717, 1.165) is 25.4 Å². The summed E-state index contributed by atoms with van der Waals surface area (Å²) in [6.07, 6.45) is 2.99. The lowest BCUT2D eigenvalue weighted by molar-refractivity contribution is -0.00161. The van der Waals surface area contributed by atoms with Gasteiger partial charge >= 0.3 is 0 Å². The van der Waals surface area contributed by atoms with Crippen LogP contribution in [0.1, 0.15) is 26.2 Å². The fraction of sp³-hybridized carbons (Fsp3) is 0.875. The van der Waals surface area contributed by atoms with Crippen molar-refractivity contribution in [2.75, 3.05) is 6.61 Å². The van der Waals surface area contributed by atoms with Gasteiger partial charge in [-0.3, -0.25) is 0 Å². The highest BCUT2D eigenvalue weighted by atomic mass is 16.5. The van der Waals surface area contributed by atoms with Gasteiger partial charge in [-0.05, 0) is 18.8 Å². The summed E-state index contributed by atoms with van der Waals surface area (Å²) < 4.78 is 5.37. The summed E-state index contributed by atoms with van der Waals surface area (Å²) >= 11 is 0. The maximum atomic E-state index is 8.37. The molecular formula is C8H13NO. The second-order valence-electron chi connectivity index (χ2n) is 2.98. The Balaban J connectivity index is 2.27. The highest BCUT2D eigenvalue weighted by Crippen LogP contribution is 2.20. The molecule has 1 aliphatic rings. The summed E-state index contributed by atoms with van der Waals surface area (Å²) in [6.45, 7) is 3.06. The molecule has 1 fully saturated rings. The van der Waals surface area contributed by atoms with E-state index in [-0.39, 0.29) is 6.10 Å². The van der Waals surface area contributed by atoms with E-state index < -0.39 is 0 Å². The van der Waals surface area contributed by atoms with Crippen molar-refractivity contribution in [3.05, 3.63) is 0 Å². The number of ether oxygens (including phenoxy) is 1. The molecule has 0 N–H and O–H groups in total. The maximum Gasteiger partial charge on any atom is 0.0707 e. The number of hydrogen-bond donors (Lipinski definition) is 0. The van der Waals surface area contributed by atoms with Gasteiger partial charge in [0.1, 0.15) is 0 Å². The molecule has 56 valence electrons. The van der Waals surface area contributed by atoms with Gasteiger partial charge in [0.15, 0.2) is 0 Å². The van der Waals surface area contributed by atoms with Crippen molar-refractivity contribution in [1.29, 1.82) is 5.26 Å². The quantitative estimate of drug-likeness (QED) is 0.554. The fourth-order valence-electron chi connectivity index (χ4n) is 1.31. The average molecular weight is 139 g/mol. The van der Waals surface area contributed by atoms with Crippen molar-refractivity contribution >= 4 is 0 Å². The molecule has 0 spiro atoms. The molecule has 1 aliphatic heterocycles. The van der Waals surface area contributed by atoms with E-state index in [1.165, 1.54) is 0 Å². The summed E-state index contributed by atoms with van der Waals surface area (Å²) in [4.78, 5) is 0. The minimum absolute atomic E-state index is 0.216. The van der Waals surface area contributed by atoms with Crippen LogP contribution in [0.4, 0.5) is 0 Å². The number of nitrogens with zero attached hydrogens (tertiary/aromatic N) is 1. The largest absolute Gasteiger partial charge is 0.377 e. The minimum atomic E-state index is 0.216. The van der Waals surface area contributed by atoms with Crippen LogP contribution in [0.25, 0.3) is 0 Å². The fourth-order valence-corrected chi connectivity index (χ4v) is 1.31. The van der Waals surface area contributed by atoms with E-state index in [1.807, 2.05) is 0 Å². The monoisotopic (exact) mass is 139 g/mol. The zero-order valence-electron chi connectivity index (χ0n) is 6.34. The molecule has 1 rings (SSSR count). The molecule has 0 aromatic carbocycles. The highest BCUT2D eigenvalue weighted by molar-refractivity contribution is 4.79. The van der Waals surface area contributed by atoms with Gasteiger partial charge < -0.3 is 4.74 Å². The van der Waals surface area contributed by atoms with Gasteiger partial charge in [-0.1, -0.05) is 6.92 Å². The normalized spacial score (nSPS) is 33.2. The molecule has 1 saturated heterocycles. The van der Waals surface area contributed by atoms with Crippen LogP contribution in [0.3, 0.4) is 0 Å². The van der Waals surface area contributed by atoms with Gasteiger partial charge in [0.05, 0.1) is 18.6 Å². The molecule has 2 nitrogen and oxygen atoms in total. The molecule has 0 aliphatic carbocycles. The first-order chi connectivity index (χ1) is 4.83. The zero-order valence-corrected chi connectivity index (χ0v) is 6.34. The third kappa shape index (κ3) is 2.00. The molecule has 1 unspecified atom stereocenters. The van der Waals surface area contributed by atoms with Crippen LogP contribution in [0.15, 0.2) is 0 Å². The smallest absolute Gasteiger partial charge is 0.0707 e. The summed E-state index contributed by atoms with van der Waals surface area (Å²) in [6, 6.07) is 2.13. The van der Waals surface area contributed by atoms with Crippen LogP contribution in [0.2, 0.25) is 0 Å². The molecular weight excluding hydrogens is 126 g/mol. The molecule has 10 heavy (non-hydrogen) atoms. The highest BCUT2D eigenvalue weighted by Gasteiger charge is 2.18. The van der Waals surface area contributed by atoms with Gasteiger partial charge in [0.2, 0.25) is 0 Å². The van der Waals surface area contributed by atoms with Crippen molar-refractivity contribution in [2.45, 2.75) is 32.3 Å². The number of nitriles is 1. The lowest BCUT2D eigenvalue weighted by Crippen LogP contribution is -2.23. The first kappa shape index (κ1) is 7.56. The van der Waals surface area contributed by atoms with E-state index >= 15 is 0 Å². The Morgan fingerprint density at radius 1 is 1.70 bits per heavy atom. The van der Waals surface area contributed by atoms with Gasteiger partial charge in [-0.25, -0.2) is 0 Å². The topological polar surface area (TPSA) is 33.0 Å². The van der Waals surface area contributed by atoms with Crippen molar-refractivity contribution in [3.8, 4) is 6.07 Å². The van der Waals surface area contributed by atoms with Gasteiger partial charge in [0, 0.05) is 6.61 Å². The Labute approximate surface area is 61.8 Å². The Hall–Kier alpha value is -0.550. The summed E-state index contributed by atoms with van der Waals surface area (Å²) in [7, 11) is 0. The third-order valence-corrected chi connectivity index (χ3v) is 1.95. The van der Waals surface area contributed by atoms with E-state index in [9.17, 15) is 0 Å². The van der Waals surface area contributed by atoms with Crippen LogP contribution in [0, 0.1) is 17.2 Å². The molecule has 0 bridgehead atoms. The molecule has 0 aromatic rings. The van der Waals surface area contributed by atoms with E-state index in [2.05, 4.69) is 13.0 Å². The lowest BCUT2D eigenvalue weighted by Gasteiger charge is -2.25. The molecule has 2 heteroatoms. The summed E-state index contributed by atoms with van der Waals surface area (Å²) in [5.41, 5.74) is 0. The molecule has 0 amide bonds. The summed E-state index contributed by atoms with van der Waals surface area (Å²) in [5, 5.41) is 8.37. The Bertz CT molecular complexity index is 139. The molecule has 0 radical (unpaired) electrons. The van der Waals surface area contributed by atoms with Gasteiger partial charge in [0.25, 0.3) is 0 Å². The van der Waals surface area contributed by atoms with Crippen molar-refractivity contribution in [3.63, 3.8) is 0 Å². The molecule has 1 heterocycles. The number of rotatable bonds is 1. The molecule has 0 saturated carbocycles. The third-order valence-electron chi connectivity index (χ3n) is 1.95. The van der Waals surface area contributed by atoms with E-state index in [4.69, 9.17) is 10.00 Å². The average Bonchev–Trinajstić information content (AvgIpc) is 1.88. The first-order valence-electron chi connectivity index (χ1n) is 3.81. The lowest BCUT2D eigenvalue weighted by atomic mass is 9.96. The minimum Gasteiger partial charge on any atom is -0.377 e. The maximum absolute atomic E-state index is 8.37. The van der Waals surface area contributed by atoms with E-state index in [0.29, 0.717) is 6.42 Å². The second-order valence-corrected chi connectivity index (χ2v) is 2.98. The first-order valence-corrected chi connectivity index (χ1v) is 3.81. The second kappa shape index (κ2) is 3.58. The van der Waals surface area contributed by atoms with Crippen LogP contribution in [-0.4, -0.2) is 12.7 Å². The van der Waals surface area contributed by atoms with Crippen molar-refractivity contribution in [2.24, 2.45) is 5.92 Å². The summed E-state index contributed by atoms with van der Waals surface area (Å²) in [5.74, 6) is 0.743. The Morgan fingerprint density at radius 3 is 3.10 bits per heavy atom. The van der Waals surface area contributed by atoms with Crippen LogP contribution in [-0.2, 0) is 4.74 Å². The van der Waals surface area contributed by atoms with Gasteiger partial charge in [-0.15, -0.1) is 0 Å². The van der Waals surface area contributed by atoms with E-state index in [1.54, 1.807) is 0 Å². The standard InChI is InChI=1S/C8H13NO/c1-7-3-5-10-8(6-7)2-4-9/h7-8H,2-3,5-6H2,1H3/t7-,8?/m0/s1. The van der Waals surface area contributed by atoms with Crippen LogP contribution >= 0.6 is 0 Å². The number of hydrogen-bond acceptors (Lipinski definition) is 2. The zero-order chi connectivity index (χ0) is 7.40. The van der Waals surface area contributed by atoms with Gasteiger partial charge in [-0.2, -0.15) is 5.26 Å².